The van der Waals surface area contributed by atoms with Gasteiger partial charge in [0.1, 0.15) is 0 Å². The number of fused-ring (bicyclic) bond motifs is 3. The number of anilines is 3. The van der Waals surface area contributed by atoms with E-state index in [2.05, 4.69) is 26.0 Å². The van der Waals surface area contributed by atoms with Gasteiger partial charge < -0.3 is 14.9 Å². The van der Waals surface area contributed by atoms with Gasteiger partial charge in [0.15, 0.2) is 0 Å². The van der Waals surface area contributed by atoms with E-state index in [9.17, 15) is 10.0 Å². The van der Waals surface area contributed by atoms with Gasteiger partial charge >= 0.3 is 7.12 Å². The topological polar surface area (TPSA) is 43.7 Å². The fourth-order valence-electron chi connectivity index (χ4n) is 4.37. The first-order valence-corrected chi connectivity index (χ1v) is 10.2. The Morgan fingerprint density at radius 2 is 1.35 bits per heavy atom. The third-order valence-electron chi connectivity index (χ3n) is 5.95. The van der Waals surface area contributed by atoms with Crippen molar-refractivity contribution in [3.05, 3.63) is 108 Å². The molecule has 0 aliphatic heterocycles. The van der Waals surface area contributed by atoms with Crippen LogP contribution in [0.15, 0.2) is 97.0 Å². The van der Waals surface area contributed by atoms with E-state index in [0.717, 1.165) is 11.1 Å². The monoisotopic (exact) mass is 409 g/mol. The fraction of sp³-hybridized carbons (Fsp3) is 0.111. The molecule has 31 heavy (non-hydrogen) atoms. The predicted molar refractivity (Wildman–Crippen MR) is 129 cm³/mol. The molecule has 4 heteroatoms. The molecule has 0 radical (unpaired) electrons. The second-order valence-electron chi connectivity index (χ2n) is 8.21. The highest BCUT2D eigenvalue weighted by Crippen LogP contribution is 2.50. The summed E-state index contributed by atoms with van der Waals surface area (Å²) in [5, 5.41) is 19.4. The minimum atomic E-state index is -2.11. The van der Waals surface area contributed by atoms with Gasteiger partial charge in [-0.05, 0) is 64.1 Å². The molecule has 2 N–H and O–H groups in total. The Labute approximate surface area is 189 Å². The summed E-state index contributed by atoms with van der Waals surface area (Å²) in [7, 11) is -2.11. The van der Waals surface area contributed by atoms with E-state index in [-0.39, 0.29) is 23.2 Å². The summed E-state index contributed by atoms with van der Waals surface area (Å²) < 4.78 is 34.1. The van der Waals surface area contributed by atoms with Crippen LogP contribution >= 0.6 is 0 Å². The van der Waals surface area contributed by atoms with Gasteiger partial charge in [0.2, 0.25) is 0 Å². The molecule has 5 rings (SSSR count). The highest BCUT2D eigenvalue weighted by molar-refractivity contribution is 6.58. The summed E-state index contributed by atoms with van der Waals surface area (Å²) in [4.78, 5) is 1.70. The van der Waals surface area contributed by atoms with Crippen molar-refractivity contribution in [1.29, 1.82) is 0 Å². The second kappa shape index (κ2) is 7.42. The Balaban J connectivity index is 1.78. The maximum Gasteiger partial charge on any atom is 0.488 e. The lowest BCUT2D eigenvalue weighted by atomic mass is 9.80. The highest BCUT2D eigenvalue weighted by atomic mass is 16.4. The fourth-order valence-corrected chi connectivity index (χ4v) is 4.37. The highest BCUT2D eigenvalue weighted by Gasteiger charge is 2.35. The minimum absolute atomic E-state index is 0.0452. The first-order chi connectivity index (χ1) is 16.6. The molecule has 0 fully saturated rings. The minimum Gasteiger partial charge on any atom is -0.423 e. The Kier molecular flexibility index (Phi) is 3.70. The first-order valence-electron chi connectivity index (χ1n) is 12.2. The molecule has 0 saturated carbocycles. The van der Waals surface area contributed by atoms with Gasteiger partial charge in [-0.25, -0.2) is 0 Å². The largest absolute Gasteiger partial charge is 0.488 e. The maximum atomic E-state index is 9.68. The normalized spacial score (nSPS) is 15.2. The zero-order chi connectivity index (χ0) is 25.1. The standard InChI is InChI=1S/C27H24BNO2/c1-27(2)25-11-7-6-10-23(25)24-17-16-22(18-26(24)27)29(20-8-4-3-5-9-20)21-14-12-19(13-15-21)28(30)31/h3-18,30-31H,1-2H3/i12D,13D,14D,15D. The van der Waals surface area contributed by atoms with E-state index < -0.39 is 24.7 Å². The quantitative estimate of drug-likeness (QED) is 0.459. The molecule has 1 aliphatic carbocycles. The van der Waals surface area contributed by atoms with Crippen LogP contribution < -0.4 is 10.4 Å². The first kappa shape index (κ1) is 15.5. The molecule has 1 aliphatic rings. The van der Waals surface area contributed by atoms with Crippen LogP contribution in [0.2, 0.25) is 0 Å². The molecule has 0 heterocycles. The van der Waals surface area contributed by atoms with E-state index in [0.29, 0.717) is 11.4 Å². The SMILES string of the molecule is [2H]c1c([2H])c(N(c2ccccc2)c2ccc3c(c2)C(C)(C)c2ccccc2-3)c([2H])c([2H])c1B(O)O. The number of benzene rings is 4. The Bertz CT molecular complexity index is 1430. The number of hydrogen-bond acceptors (Lipinski definition) is 3. The van der Waals surface area contributed by atoms with Crippen molar-refractivity contribution in [3.8, 4) is 11.1 Å². The van der Waals surface area contributed by atoms with E-state index >= 15 is 0 Å². The van der Waals surface area contributed by atoms with Crippen molar-refractivity contribution in [2.45, 2.75) is 19.3 Å². The zero-order valence-electron chi connectivity index (χ0n) is 21.3. The van der Waals surface area contributed by atoms with Gasteiger partial charge in [-0.1, -0.05) is 74.5 Å². The Morgan fingerprint density at radius 1 is 0.710 bits per heavy atom. The molecule has 0 bridgehead atoms. The van der Waals surface area contributed by atoms with Crippen LogP contribution in [0, 0.1) is 0 Å². The number of rotatable bonds is 4. The molecule has 0 atom stereocenters. The lowest BCUT2D eigenvalue weighted by molar-refractivity contribution is 0.426. The van der Waals surface area contributed by atoms with Crippen LogP contribution in [0.4, 0.5) is 17.1 Å². The van der Waals surface area contributed by atoms with E-state index in [1.165, 1.54) is 11.1 Å². The summed E-state index contributed by atoms with van der Waals surface area (Å²) in [5.74, 6) is 0. The second-order valence-corrected chi connectivity index (χ2v) is 8.21. The van der Waals surface area contributed by atoms with Gasteiger partial charge in [0.05, 0.1) is 5.48 Å². The molecule has 0 saturated heterocycles. The molecule has 152 valence electrons. The number of para-hydroxylation sites is 1. The molecule has 4 aromatic rings. The molecular formula is C27H24BNO2. The molecule has 0 unspecified atom stereocenters. The lowest BCUT2D eigenvalue weighted by Gasteiger charge is -2.28. The smallest absolute Gasteiger partial charge is 0.423 e. The van der Waals surface area contributed by atoms with Crippen LogP contribution in [-0.4, -0.2) is 17.2 Å². The van der Waals surface area contributed by atoms with Gasteiger partial charge in [-0.2, -0.15) is 0 Å². The summed E-state index contributed by atoms with van der Waals surface area (Å²) in [6, 6.07) is 21.9. The average Bonchev–Trinajstić information content (AvgIpc) is 3.07. The number of hydrogen-bond donors (Lipinski definition) is 2. The van der Waals surface area contributed by atoms with E-state index in [1.54, 1.807) is 4.90 Å². The van der Waals surface area contributed by atoms with Gasteiger partial charge in [0.25, 0.3) is 0 Å². The van der Waals surface area contributed by atoms with E-state index in [4.69, 9.17) is 5.48 Å². The molecule has 0 aromatic heterocycles. The Morgan fingerprint density at radius 3 is 2.06 bits per heavy atom. The molecular weight excluding hydrogens is 381 g/mol. The molecule has 0 spiro atoms. The summed E-state index contributed by atoms with van der Waals surface area (Å²) in [6.45, 7) is 4.34. The summed E-state index contributed by atoms with van der Waals surface area (Å²) in [5.41, 5.74) is 5.33. The van der Waals surface area contributed by atoms with Gasteiger partial charge in [-0.3, -0.25) is 0 Å². The van der Waals surface area contributed by atoms with Gasteiger partial charge in [-0.15, -0.1) is 0 Å². The third-order valence-corrected chi connectivity index (χ3v) is 5.95. The van der Waals surface area contributed by atoms with Crippen LogP contribution in [0.5, 0.6) is 0 Å². The Hall–Kier alpha value is -3.34. The molecule has 3 nitrogen and oxygen atoms in total. The molecule has 4 aromatic carbocycles. The van der Waals surface area contributed by atoms with E-state index in [1.807, 2.05) is 60.7 Å². The number of nitrogens with zero attached hydrogens (tertiary/aromatic N) is 1. The van der Waals surface area contributed by atoms with Crippen molar-refractivity contribution in [2.24, 2.45) is 0 Å². The van der Waals surface area contributed by atoms with Crippen LogP contribution in [0.25, 0.3) is 11.1 Å². The van der Waals surface area contributed by atoms with Crippen molar-refractivity contribution in [1.82, 2.24) is 0 Å². The summed E-state index contributed by atoms with van der Waals surface area (Å²) >= 11 is 0. The third kappa shape index (κ3) is 3.25. The zero-order valence-corrected chi connectivity index (χ0v) is 17.3. The van der Waals surface area contributed by atoms with Crippen molar-refractivity contribution < 1.29 is 15.5 Å². The predicted octanol–water partition coefficient (Wildman–Crippen LogP) is 5.14. The van der Waals surface area contributed by atoms with Crippen LogP contribution in [-0.2, 0) is 5.41 Å². The van der Waals surface area contributed by atoms with Crippen molar-refractivity contribution in [2.75, 3.05) is 4.90 Å². The van der Waals surface area contributed by atoms with Crippen molar-refractivity contribution in [3.63, 3.8) is 0 Å². The summed E-state index contributed by atoms with van der Waals surface area (Å²) in [6.07, 6.45) is 0. The lowest BCUT2D eigenvalue weighted by Crippen LogP contribution is -2.29. The van der Waals surface area contributed by atoms with Crippen LogP contribution in [0.1, 0.15) is 30.5 Å². The molecule has 0 amide bonds. The van der Waals surface area contributed by atoms with Crippen LogP contribution in [0.3, 0.4) is 0 Å². The average molecular weight is 409 g/mol. The van der Waals surface area contributed by atoms with Crippen molar-refractivity contribution >= 4 is 29.6 Å². The maximum absolute atomic E-state index is 9.68. The van der Waals surface area contributed by atoms with Gasteiger partial charge in [0, 0.05) is 22.5 Å².